The third-order valence-electron chi connectivity index (χ3n) is 3.46. The third-order valence-corrected chi connectivity index (χ3v) is 3.46. The number of carbonyl (C=O) groups excluding carboxylic acids is 1. The fourth-order valence-corrected chi connectivity index (χ4v) is 2.23. The molecule has 3 N–H and O–H groups in total. The molecule has 116 valence electrons. The van der Waals surface area contributed by atoms with E-state index in [0.717, 1.165) is 12.1 Å². The Kier molecular flexibility index (Phi) is 4.84. The van der Waals surface area contributed by atoms with Gasteiger partial charge in [-0.1, -0.05) is 12.1 Å². The number of rotatable bonds is 4. The Balaban J connectivity index is 1.91. The average molecular weight is 302 g/mol. The molecule has 1 heterocycles. The zero-order valence-electron chi connectivity index (χ0n) is 11.3. The zero-order chi connectivity index (χ0) is 15.5. The van der Waals surface area contributed by atoms with E-state index >= 15 is 0 Å². The maximum atomic E-state index is 12.6. The van der Waals surface area contributed by atoms with Crippen molar-refractivity contribution in [2.75, 3.05) is 13.1 Å². The molecule has 1 aliphatic rings. The number of amides is 1. The van der Waals surface area contributed by atoms with E-state index in [0.29, 0.717) is 19.4 Å². The van der Waals surface area contributed by atoms with Crippen molar-refractivity contribution in [1.29, 1.82) is 0 Å². The molecule has 2 atom stereocenters. The molecule has 1 amide bonds. The first kappa shape index (κ1) is 15.8. The molecular weight excluding hydrogens is 285 g/mol. The summed E-state index contributed by atoms with van der Waals surface area (Å²) >= 11 is 0. The van der Waals surface area contributed by atoms with E-state index < -0.39 is 17.8 Å². The number of halogens is 3. The SMILES string of the molecule is O=C1CCC(NCC(O)c2cccc(C(F)(F)F)c2)CN1. The zero-order valence-corrected chi connectivity index (χ0v) is 11.3. The van der Waals surface area contributed by atoms with Crippen LogP contribution in [0.1, 0.15) is 30.1 Å². The molecule has 2 unspecified atom stereocenters. The van der Waals surface area contributed by atoms with Gasteiger partial charge in [0.05, 0.1) is 11.7 Å². The maximum absolute atomic E-state index is 12.6. The van der Waals surface area contributed by atoms with Crippen molar-refractivity contribution in [3.05, 3.63) is 35.4 Å². The Morgan fingerprint density at radius 2 is 2.19 bits per heavy atom. The highest BCUT2D eigenvalue weighted by Crippen LogP contribution is 2.30. The van der Waals surface area contributed by atoms with Gasteiger partial charge in [0.2, 0.25) is 5.91 Å². The number of hydrogen-bond donors (Lipinski definition) is 3. The second-order valence-corrected chi connectivity index (χ2v) is 5.09. The number of alkyl halides is 3. The molecule has 0 aliphatic carbocycles. The summed E-state index contributed by atoms with van der Waals surface area (Å²) in [7, 11) is 0. The van der Waals surface area contributed by atoms with Crippen LogP contribution in [0.25, 0.3) is 0 Å². The molecule has 1 aliphatic heterocycles. The largest absolute Gasteiger partial charge is 0.416 e. The van der Waals surface area contributed by atoms with Gasteiger partial charge in [0.1, 0.15) is 0 Å². The quantitative estimate of drug-likeness (QED) is 0.792. The highest BCUT2D eigenvalue weighted by molar-refractivity contribution is 5.76. The van der Waals surface area contributed by atoms with Crippen molar-refractivity contribution in [3.8, 4) is 0 Å². The lowest BCUT2D eigenvalue weighted by atomic mass is 10.0. The fourth-order valence-electron chi connectivity index (χ4n) is 2.23. The van der Waals surface area contributed by atoms with Crippen molar-refractivity contribution in [3.63, 3.8) is 0 Å². The highest BCUT2D eigenvalue weighted by atomic mass is 19.4. The first-order valence-corrected chi connectivity index (χ1v) is 6.71. The number of nitrogens with one attached hydrogen (secondary N) is 2. The topological polar surface area (TPSA) is 61.4 Å². The molecule has 21 heavy (non-hydrogen) atoms. The Bertz CT molecular complexity index is 495. The van der Waals surface area contributed by atoms with Gasteiger partial charge in [-0.05, 0) is 24.1 Å². The Hall–Kier alpha value is -1.60. The standard InChI is InChI=1S/C14H17F3N2O2/c15-14(16,17)10-3-1-2-9(6-10)12(20)8-18-11-4-5-13(21)19-7-11/h1-3,6,11-12,18,20H,4-5,7-8H2,(H,19,21). The van der Waals surface area contributed by atoms with Crippen molar-refractivity contribution < 1.29 is 23.1 Å². The van der Waals surface area contributed by atoms with Gasteiger partial charge in [0, 0.05) is 25.6 Å². The van der Waals surface area contributed by atoms with Gasteiger partial charge in [-0.15, -0.1) is 0 Å². The van der Waals surface area contributed by atoms with Crippen molar-refractivity contribution in [2.24, 2.45) is 0 Å². The second kappa shape index (κ2) is 6.44. The van der Waals surface area contributed by atoms with Crippen molar-refractivity contribution in [1.82, 2.24) is 10.6 Å². The van der Waals surface area contributed by atoms with Crippen molar-refractivity contribution in [2.45, 2.75) is 31.2 Å². The summed E-state index contributed by atoms with van der Waals surface area (Å²) in [5.41, 5.74) is -0.554. The van der Waals surface area contributed by atoms with E-state index in [9.17, 15) is 23.1 Å². The summed E-state index contributed by atoms with van der Waals surface area (Å²) in [6, 6.07) is 4.70. The van der Waals surface area contributed by atoms with Crippen LogP contribution in [0, 0.1) is 0 Å². The summed E-state index contributed by atoms with van der Waals surface area (Å²) in [4.78, 5) is 11.0. The van der Waals surface area contributed by atoms with E-state index in [4.69, 9.17) is 0 Å². The van der Waals surface area contributed by atoms with Crippen LogP contribution >= 0.6 is 0 Å². The summed E-state index contributed by atoms with van der Waals surface area (Å²) < 4.78 is 37.8. The molecular formula is C14H17F3N2O2. The van der Waals surface area contributed by atoms with Gasteiger partial charge < -0.3 is 15.7 Å². The number of hydrogen-bond acceptors (Lipinski definition) is 3. The van der Waals surface area contributed by atoms with Gasteiger partial charge in [0.25, 0.3) is 0 Å². The lowest BCUT2D eigenvalue weighted by Gasteiger charge is -2.25. The van der Waals surface area contributed by atoms with Crippen LogP contribution in [0.5, 0.6) is 0 Å². The lowest BCUT2D eigenvalue weighted by Crippen LogP contribution is -2.46. The molecule has 0 spiro atoms. The molecule has 1 fully saturated rings. The lowest BCUT2D eigenvalue weighted by molar-refractivity contribution is -0.137. The summed E-state index contributed by atoms with van der Waals surface area (Å²) in [5, 5.41) is 15.7. The Morgan fingerprint density at radius 1 is 1.43 bits per heavy atom. The van der Waals surface area contributed by atoms with E-state index in [1.807, 2.05) is 0 Å². The van der Waals surface area contributed by atoms with Gasteiger partial charge in [0.15, 0.2) is 0 Å². The number of benzene rings is 1. The summed E-state index contributed by atoms with van der Waals surface area (Å²) in [5.74, 6) is -0.00789. The Morgan fingerprint density at radius 3 is 2.81 bits per heavy atom. The van der Waals surface area contributed by atoms with E-state index in [1.165, 1.54) is 12.1 Å². The molecule has 1 aromatic rings. The van der Waals surface area contributed by atoms with E-state index in [-0.39, 0.29) is 24.1 Å². The number of piperidine rings is 1. The Labute approximate surface area is 120 Å². The molecule has 4 nitrogen and oxygen atoms in total. The molecule has 0 radical (unpaired) electrons. The van der Waals surface area contributed by atoms with Crippen LogP contribution in [-0.2, 0) is 11.0 Å². The summed E-state index contributed by atoms with van der Waals surface area (Å²) in [6.07, 6.45) is -4.38. The van der Waals surface area contributed by atoms with Gasteiger partial charge >= 0.3 is 6.18 Å². The van der Waals surface area contributed by atoms with Crippen LogP contribution < -0.4 is 10.6 Å². The molecule has 0 bridgehead atoms. The summed E-state index contributed by atoms with van der Waals surface area (Å²) in [6.45, 7) is 0.607. The second-order valence-electron chi connectivity index (χ2n) is 5.09. The third kappa shape index (κ3) is 4.44. The molecule has 2 rings (SSSR count). The minimum Gasteiger partial charge on any atom is -0.387 e. The monoisotopic (exact) mass is 302 g/mol. The average Bonchev–Trinajstić information content (AvgIpc) is 2.45. The van der Waals surface area contributed by atoms with Crippen molar-refractivity contribution >= 4 is 5.91 Å². The van der Waals surface area contributed by atoms with Crippen LogP contribution in [0.3, 0.4) is 0 Å². The van der Waals surface area contributed by atoms with E-state index in [2.05, 4.69) is 10.6 Å². The van der Waals surface area contributed by atoms with E-state index in [1.54, 1.807) is 0 Å². The molecule has 0 aromatic heterocycles. The molecule has 7 heteroatoms. The maximum Gasteiger partial charge on any atom is 0.416 e. The predicted molar refractivity (Wildman–Crippen MR) is 70.4 cm³/mol. The molecule has 1 saturated heterocycles. The first-order valence-electron chi connectivity index (χ1n) is 6.71. The smallest absolute Gasteiger partial charge is 0.387 e. The number of aliphatic hydroxyl groups excluding tert-OH is 1. The van der Waals surface area contributed by atoms with Gasteiger partial charge in [-0.25, -0.2) is 0 Å². The number of aliphatic hydroxyl groups is 1. The molecule has 0 saturated carbocycles. The minimum absolute atomic E-state index is 0.00789. The molecule has 1 aromatic carbocycles. The van der Waals surface area contributed by atoms with Crippen LogP contribution in [0.15, 0.2) is 24.3 Å². The van der Waals surface area contributed by atoms with Gasteiger partial charge in [-0.3, -0.25) is 4.79 Å². The minimum atomic E-state index is -4.42. The van der Waals surface area contributed by atoms with Gasteiger partial charge in [-0.2, -0.15) is 13.2 Å². The first-order chi connectivity index (χ1) is 9.86. The van der Waals surface area contributed by atoms with Crippen LogP contribution in [0.2, 0.25) is 0 Å². The fraction of sp³-hybridized carbons (Fsp3) is 0.500. The highest BCUT2D eigenvalue weighted by Gasteiger charge is 2.30. The van der Waals surface area contributed by atoms with Crippen LogP contribution in [0.4, 0.5) is 13.2 Å². The normalized spacial score (nSPS) is 21.0. The number of carbonyl (C=O) groups is 1. The predicted octanol–water partition coefficient (Wildman–Crippen LogP) is 1.61. The van der Waals surface area contributed by atoms with Crippen LogP contribution in [-0.4, -0.2) is 30.1 Å².